The first-order valence-electron chi connectivity index (χ1n) is 14.3. The van der Waals surface area contributed by atoms with E-state index in [-0.39, 0.29) is 42.5 Å². The number of alkyl halides is 2. The van der Waals surface area contributed by atoms with Crippen LogP contribution < -0.4 is 20.2 Å². The van der Waals surface area contributed by atoms with Crippen molar-refractivity contribution in [1.29, 1.82) is 0 Å². The van der Waals surface area contributed by atoms with Crippen LogP contribution in [-0.2, 0) is 26.0 Å². The van der Waals surface area contributed by atoms with Gasteiger partial charge in [-0.3, -0.25) is 15.0 Å². The van der Waals surface area contributed by atoms with E-state index in [4.69, 9.17) is 0 Å². The number of sulfonamides is 1. The number of amides is 2. The summed E-state index contributed by atoms with van der Waals surface area (Å²) in [5, 5.41) is 15.6. The zero-order chi connectivity index (χ0) is 32.9. The number of hydrogen-bond donors (Lipinski definition) is 3. The predicted molar refractivity (Wildman–Crippen MR) is 159 cm³/mol. The van der Waals surface area contributed by atoms with Crippen molar-refractivity contribution in [2.75, 3.05) is 26.7 Å². The Morgan fingerprint density at radius 3 is 2.25 bits per heavy atom. The second-order valence-corrected chi connectivity index (χ2v) is 14.3. The van der Waals surface area contributed by atoms with E-state index in [0.29, 0.717) is 0 Å². The van der Waals surface area contributed by atoms with Gasteiger partial charge in [0, 0.05) is 25.6 Å². The van der Waals surface area contributed by atoms with Gasteiger partial charge in [-0.2, -0.15) is 4.31 Å². The quantitative estimate of drug-likeness (QED) is 0.284. The number of carbonyl (C=O) groups is 2. The number of rotatable bonds is 13. The minimum atomic E-state index is -4.37. The Morgan fingerprint density at radius 1 is 1.02 bits per heavy atom. The second kappa shape index (κ2) is 14.2. The molecule has 0 fully saturated rings. The molecule has 1 aliphatic heterocycles. The number of fused-ring (bicyclic) bond motifs is 1. The number of nitrogens with one attached hydrogen (secondary N) is 2. The summed E-state index contributed by atoms with van der Waals surface area (Å²) in [6.45, 7) is 8.54. The van der Waals surface area contributed by atoms with Crippen LogP contribution in [0.4, 0.5) is 8.78 Å². The fourth-order valence-corrected chi connectivity index (χ4v) is 6.34. The Morgan fingerprint density at radius 2 is 1.66 bits per heavy atom. The molecule has 1 heterocycles. The lowest BCUT2D eigenvalue weighted by Gasteiger charge is -2.38. The lowest BCUT2D eigenvalue weighted by atomic mass is 9.91. The highest BCUT2D eigenvalue weighted by Crippen LogP contribution is 2.42. The van der Waals surface area contributed by atoms with Gasteiger partial charge in [0.25, 0.3) is 5.91 Å². The van der Waals surface area contributed by atoms with Crippen LogP contribution in [0.15, 0.2) is 53.4 Å². The highest BCUT2D eigenvalue weighted by molar-refractivity contribution is 7.89. The molecule has 2 aromatic rings. The monoisotopic (exact) mass is 640 g/mol. The van der Waals surface area contributed by atoms with E-state index in [1.807, 2.05) is 26.8 Å². The molecule has 44 heavy (non-hydrogen) atoms. The van der Waals surface area contributed by atoms with Gasteiger partial charge in [0.2, 0.25) is 15.9 Å². The third-order valence-corrected chi connectivity index (χ3v) is 8.39. The van der Waals surface area contributed by atoms with Gasteiger partial charge in [0.05, 0.1) is 23.6 Å². The summed E-state index contributed by atoms with van der Waals surface area (Å²) < 4.78 is 64.9. The number of carbonyl (C=O) groups excluding carboxylic acids is 2. The third-order valence-electron chi connectivity index (χ3n) is 6.57. The maximum absolute atomic E-state index is 13.9. The first-order valence-corrected chi connectivity index (χ1v) is 15.7. The molecule has 244 valence electrons. The first kappa shape index (κ1) is 35.2. The van der Waals surface area contributed by atoms with Crippen LogP contribution in [0, 0.1) is 11.3 Å². The van der Waals surface area contributed by atoms with Crippen molar-refractivity contribution in [3.8, 4) is 11.5 Å². The van der Waals surface area contributed by atoms with Gasteiger partial charge in [-0.25, -0.2) is 13.4 Å². The molecule has 1 unspecified atom stereocenters. The molecule has 0 aliphatic carbocycles. The van der Waals surface area contributed by atoms with Gasteiger partial charge in [0.15, 0.2) is 11.5 Å². The van der Waals surface area contributed by atoms with Crippen LogP contribution in [0.3, 0.4) is 0 Å². The van der Waals surface area contributed by atoms with Gasteiger partial charge in [0.1, 0.15) is 0 Å². The number of halogens is 2. The number of likely N-dealkylation sites (N-methyl/N-ethyl adjacent to an activating group) is 1. The lowest BCUT2D eigenvalue weighted by Crippen LogP contribution is -2.60. The van der Waals surface area contributed by atoms with Crippen molar-refractivity contribution >= 4 is 21.8 Å². The predicted octanol–water partition coefficient (Wildman–Crippen LogP) is 3.14. The van der Waals surface area contributed by atoms with Crippen LogP contribution in [0.5, 0.6) is 11.5 Å². The maximum atomic E-state index is 13.9. The Kier molecular flexibility index (Phi) is 11.3. The van der Waals surface area contributed by atoms with Crippen LogP contribution in [-0.4, -0.2) is 79.8 Å². The zero-order valence-corrected chi connectivity index (χ0v) is 26.7. The van der Waals surface area contributed by atoms with Crippen molar-refractivity contribution in [2.24, 2.45) is 11.3 Å². The maximum Gasteiger partial charge on any atom is 0.586 e. The molecule has 3 rings (SSSR count). The number of nitrogens with zero attached hydrogens (tertiary/aromatic N) is 2. The highest BCUT2D eigenvalue weighted by Gasteiger charge is 2.44. The summed E-state index contributed by atoms with van der Waals surface area (Å²) in [4.78, 5) is 26.0. The number of aliphatic hydroxyl groups is 1. The SMILES string of the molecule is CNCC(=O)NN(C(=O)CC(C)(C)C)C(Cc1ccccc1)[C@H](O)CN(CC(C)C)S(=O)(=O)c1ccc2c(c1)OC(F)(F)O2. The van der Waals surface area contributed by atoms with Crippen LogP contribution in [0.2, 0.25) is 0 Å². The summed E-state index contributed by atoms with van der Waals surface area (Å²) in [5.41, 5.74) is 2.89. The molecule has 0 aromatic heterocycles. The Balaban J connectivity index is 2.02. The average Bonchev–Trinajstić information content (AvgIpc) is 3.22. The minimum absolute atomic E-state index is 0.0285. The molecule has 0 bridgehead atoms. The van der Waals surface area contributed by atoms with Crippen molar-refractivity contribution in [2.45, 2.75) is 70.8 Å². The highest BCUT2D eigenvalue weighted by atomic mass is 32.2. The Hall–Kier alpha value is -3.33. The molecular weight excluding hydrogens is 598 g/mol. The summed E-state index contributed by atoms with van der Waals surface area (Å²) >= 11 is 0. The van der Waals surface area contributed by atoms with E-state index in [2.05, 4.69) is 20.2 Å². The number of aliphatic hydroxyl groups excluding tert-OH is 1. The van der Waals surface area contributed by atoms with E-state index in [9.17, 15) is 31.9 Å². The average molecular weight is 641 g/mol. The first-order chi connectivity index (χ1) is 20.4. The standard InChI is InChI=1S/C30H42F2N4O7S/c1-20(2)18-35(44(40,41)22-12-13-25-26(15-22)43-30(31,32)42-25)19-24(37)23(14-21-10-8-7-9-11-21)36(34-27(38)17-33-6)28(39)16-29(3,4)5/h7-13,15,20,23-24,33,37H,14,16-19H2,1-6H3,(H,34,38)/t23?,24-/m1/s1. The Bertz CT molecular complexity index is 1400. The van der Waals surface area contributed by atoms with E-state index in [0.717, 1.165) is 33.1 Å². The molecule has 1 aliphatic rings. The number of hydrazine groups is 1. The normalized spacial score (nSPS) is 15.7. The van der Waals surface area contributed by atoms with Crippen molar-refractivity contribution in [3.63, 3.8) is 0 Å². The Labute approximate surface area is 257 Å². The molecule has 2 amide bonds. The topological polar surface area (TPSA) is 138 Å². The van der Waals surface area contributed by atoms with Crippen molar-refractivity contribution < 1.29 is 41.4 Å². The van der Waals surface area contributed by atoms with Crippen molar-refractivity contribution in [3.05, 3.63) is 54.1 Å². The number of ether oxygens (including phenoxy) is 2. The molecule has 2 aromatic carbocycles. The molecule has 0 radical (unpaired) electrons. The van der Waals surface area contributed by atoms with Crippen LogP contribution in [0.25, 0.3) is 0 Å². The fourth-order valence-electron chi connectivity index (χ4n) is 4.71. The van der Waals surface area contributed by atoms with E-state index < -0.39 is 58.0 Å². The van der Waals surface area contributed by atoms with Crippen LogP contribution >= 0.6 is 0 Å². The largest absolute Gasteiger partial charge is 0.586 e. The summed E-state index contributed by atoms with van der Waals surface area (Å²) in [5.74, 6) is -1.93. The summed E-state index contributed by atoms with van der Waals surface area (Å²) in [6.07, 6.45) is -5.29. The zero-order valence-electron chi connectivity index (χ0n) is 25.8. The molecule has 0 spiro atoms. The lowest BCUT2D eigenvalue weighted by molar-refractivity contribution is -0.286. The number of hydrogen-bond acceptors (Lipinski definition) is 8. The minimum Gasteiger partial charge on any atom is -0.395 e. The molecule has 11 nitrogen and oxygen atoms in total. The molecule has 14 heteroatoms. The van der Waals surface area contributed by atoms with Gasteiger partial charge in [-0.05, 0) is 42.5 Å². The molecule has 0 saturated heterocycles. The van der Waals surface area contributed by atoms with Crippen LogP contribution in [0.1, 0.15) is 46.6 Å². The van der Waals surface area contributed by atoms with Gasteiger partial charge in [-0.15, -0.1) is 8.78 Å². The molecule has 3 N–H and O–H groups in total. The van der Waals surface area contributed by atoms with Gasteiger partial charge in [-0.1, -0.05) is 65.0 Å². The molecule has 0 saturated carbocycles. The smallest absolute Gasteiger partial charge is 0.395 e. The second-order valence-electron chi connectivity index (χ2n) is 12.4. The van der Waals surface area contributed by atoms with E-state index in [1.54, 1.807) is 45.2 Å². The van der Waals surface area contributed by atoms with E-state index >= 15 is 0 Å². The van der Waals surface area contributed by atoms with Crippen molar-refractivity contribution in [1.82, 2.24) is 20.1 Å². The molecular formula is C30H42F2N4O7S. The van der Waals surface area contributed by atoms with Gasteiger partial charge >= 0.3 is 6.29 Å². The van der Waals surface area contributed by atoms with E-state index in [1.165, 1.54) is 0 Å². The van der Waals surface area contributed by atoms with Gasteiger partial charge < -0.3 is 19.9 Å². The summed E-state index contributed by atoms with van der Waals surface area (Å²) in [7, 11) is -2.80. The molecule has 2 atom stereocenters. The third kappa shape index (κ3) is 9.58. The summed E-state index contributed by atoms with van der Waals surface area (Å²) in [6, 6.07) is 11.1. The number of benzene rings is 2. The fraction of sp³-hybridized carbons (Fsp3) is 0.533.